The van der Waals surface area contributed by atoms with Crippen molar-refractivity contribution in [2.24, 2.45) is 0 Å². The number of pyridine rings is 1. The number of hydrogen-bond donors (Lipinski definition) is 1. The lowest BCUT2D eigenvalue weighted by Crippen LogP contribution is -2.42. The second kappa shape index (κ2) is 8.81. The third-order valence-corrected chi connectivity index (χ3v) is 6.98. The number of morpholine rings is 1. The second-order valence-corrected chi connectivity index (χ2v) is 8.78. The summed E-state index contributed by atoms with van der Waals surface area (Å²) in [6, 6.07) is 5.73. The zero-order valence-corrected chi connectivity index (χ0v) is 17.9. The van der Waals surface area contributed by atoms with Crippen molar-refractivity contribution in [3.05, 3.63) is 22.5 Å². The highest BCUT2D eigenvalue weighted by atomic mass is 79.9. The van der Waals surface area contributed by atoms with E-state index in [1.54, 1.807) is 12.3 Å². The first kappa shape index (κ1) is 19.7. The highest BCUT2D eigenvalue weighted by Gasteiger charge is 2.34. The third kappa shape index (κ3) is 4.19. The average Bonchev–Trinajstić information content (AvgIpc) is 3.20. The second-order valence-electron chi connectivity index (χ2n) is 7.99. The Labute approximate surface area is 174 Å². The number of likely N-dealkylation sites (N-methyl/N-ethyl adjacent to an activating group) is 1. The Kier molecular flexibility index (Phi) is 6.19. The van der Waals surface area contributed by atoms with Gasteiger partial charge in [-0.2, -0.15) is 5.26 Å². The molecule has 4 heterocycles. The highest BCUT2D eigenvalue weighted by Crippen LogP contribution is 2.33. The Hall–Kier alpha value is -1.62. The van der Waals surface area contributed by atoms with Gasteiger partial charge in [0.2, 0.25) is 5.76 Å². The van der Waals surface area contributed by atoms with Gasteiger partial charge in [-0.05, 0) is 48.7 Å². The summed E-state index contributed by atoms with van der Waals surface area (Å²) in [5.41, 5.74) is 0.637. The smallest absolute Gasteiger partial charge is 0.204 e. The molecule has 1 N–H and O–H groups in total. The molecule has 2 aromatic heterocycles. The van der Waals surface area contributed by atoms with Crippen molar-refractivity contribution in [2.75, 3.05) is 25.6 Å². The predicted octanol–water partition coefficient (Wildman–Crippen LogP) is 4.69. The molecule has 2 atom stereocenters. The molecule has 2 unspecified atom stereocenters. The zero-order valence-electron chi connectivity index (χ0n) is 16.3. The summed E-state index contributed by atoms with van der Waals surface area (Å²) in [5, 5.41) is 13.2. The summed E-state index contributed by atoms with van der Waals surface area (Å²) in [6.07, 6.45) is 10.7. The van der Waals surface area contributed by atoms with Crippen LogP contribution in [0.1, 0.15) is 50.7 Å². The Bertz CT molecular complexity index is 840. The minimum atomic E-state index is 0.312. The molecular formula is C21H27BrN4O2. The van der Waals surface area contributed by atoms with Crippen LogP contribution in [0.2, 0.25) is 0 Å². The molecule has 0 spiro atoms. The number of anilines is 1. The van der Waals surface area contributed by atoms with Crippen molar-refractivity contribution >= 4 is 32.7 Å². The van der Waals surface area contributed by atoms with Gasteiger partial charge < -0.3 is 14.5 Å². The van der Waals surface area contributed by atoms with Crippen LogP contribution in [0.5, 0.6) is 0 Å². The van der Waals surface area contributed by atoms with Gasteiger partial charge in [0, 0.05) is 29.6 Å². The van der Waals surface area contributed by atoms with Crippen molar-refractivity contribution in [3.8, 4) is 6.07 Å². The van der Waals surface area contributed by atoms with E-state index in [0.29, 0.717) is 17.4 Å². The minimum absolute atomic E-state index is 0.312. The van der Waals surface area contributed by atoms with Gasteiger partial charge >= 0.3 is 0 Å². The maximum absolute atomic E-state index is 8.86. The predicted molar refractivity (Wildman–Crippen MR) is 112 cm³/mol. The van der Waals surface area contributed by atoms with Crippen molar-refractivity contribution < 1.29 is 9.15 Å². The van der Waals surface area contributed by atoms with Gasteiger partial charge in [0.1, 0.15) is 11.9 Å². The standard InChI is InChI=1S/C14H14BrN3O.C7H13NO/c15-13-11-6-10(7-16)19-12(11)8-17-14(13)18-9-4-2-1-3-5-9;1-8-6-2-3-7(8)5-9-4-6/h6,8-9H,1-5H2,(H,17,18);6-7H,2-5H2,1H3. The largest absolute Gasteiger partial charge is 0.444 e. The summed E-state index contributed by atoms with van der Waals surface area (Å²) < 4.78 is 11.6. The lowest BCUT2D eigenvalue weighted by atomic mass is 9.95. The topological polar surface area (TPSA) is 74.3 Å². The fraction of sp³-hybridized carbons (Fsp3) is 0.619. The fourth-order valence-corrected chi connectivity index (χ4v) is 4.93. The summed E-state index contributed by atoms with van der Waals surface area (Å²) in [4.78, 5) is 6.85. The number of nitrogens with zero attached hydrogens (tertiary/aromatic N) is 3. The van der Waals surface area contributed by atoms with Crippen LogP contribution < -0.4 is 5.32 Å². The molecule has 2 saturated heterocycles. The van der Waals surface area contributed by atoms with Crippen LogP contribution in [0.25, 0.3) is 11.0 Å². The number of fused-ring (bicyclic) bond motifs is 3. The summed E-state index contributed by atoms with van der Waals surface area (Å²) >= 11 is 3.56. The van der Waals surface area contributed by atoms with Crippen molar-refractivity contribution in [1.29, 1.82) is 5.26 Å². The molecule has 2 bridgehead atoms. The van der Waals surface area contributed by atoms with E-state index in [1.165, 1.54) is 44.9 Å². The fourth-order valence-electron chi connectivity index (χ4n) is 4.41. The summed E-state index contributed by atoms with van der Waals surface area (Å²) in [7, 11) is 2.21. The van der Waals surface area contributed by atoms with Crippen LogP contribution in [-0.2, 0) is 4.74 Å². The van der Waals surface area contributed by atoms with Crippen LogP contribution in [0.15, 0.2) is 21.2 Å². The quantitative estimate of drug-likeness (QED) is 0.720. The molecule has 2 aromatic rings. The number of nitriles is 1. The van der Waals surface area contributed by atoms with E-state index in [9.17, 15) is 0 Å². The molecular weight excluding hydrogens is 420 g/mol. The molecule has 1 aliphatic carbocycles. The van der Waals surface area contributed by atoms with E-state index in [2.05, 4.69) is 38.2 Å². The van der Waals surface area contributed by atoms with Crippen LogP contribution in [0, 0.1) is 11.3 Å². The van der Waals surface area contributed by atoms with Gasteiger partial charge in [-0.25, -0.2) is 4.98 Å². The molecule has 0 aromatic carbocycles. The molecule has 6 nitrogen and oxygen atoms in total. The highest BCUT2D eigenvalue weighted by molar-refractivity contribution is 9.10. The number of furan rings is 1. The first-order valence-corrected chi connectivity index (χ1v) is 11.0. The number of aromatic nitrogens is 1. The van der Waals surface area contributed by atoms with Crippen molar-refractivity contribution in [3.63, 3.8) is 0 Å². The Morgan fingerprint density at radius 2 is 1.89 bits per heavy atom. The maximum atomic E-state index is 8.86. The Balaban J connectivity index is 0.000000177. The monoisotopic (exact) mass is 446 g/mol. The van der Waals surface area contributed by atoms with E-state index in [-0.39, 0.29) is 0 Å². The maximum Gasteiger partial charge on any atom is 0.204 e. The molecule has 3 aliphatic rings. The molecule has 1 saturated carbocycles. The van der Waals surface area contributed by atoms with E-state index < -0.39 is 0 Å². The lowest BCUT2D eigenvalue weighted by molar-refractivity contribution is -0.000705. The van der Waals surface area contributed by atoms with Gasteiger partial charge in [0.15, 0.2) is 5.58 Å². The van der Waals surface area contributed by atoms with E-state index in [0.717, 1.165) is 41.0 Å². The molecule has 150 valence electrons. The van der Waals surface area contributed by atoms with Gasteiger partial charge in [0.25, 0.3) is 0 Å². The van der Waals surface area contributed by atoms with E-state index in [1.807, 2.05) is 6.07 Å². The number of nitrogens with one attached hydrogen (secondary N) is 1. The number of halogens is 1. The van der Waals surface area contributed by atoms with Gasteiger partial charge in [-0.15, -0.1) is 0 Å². The molecule has 5 rings (SSSR count). The van der Waals surface area contributed by atoms with Crippen molar-refractivity contribution in [2.45, 2.75) is 63.1 Å². The lowest BCUT2D eigenvalue weighted by Gasteiger charge is -2.30. The third-order valence-electron chi connectivity index (χ3n) is 6.18. The van der Waals surface area contributed by atoms with Crippen molar-refractivity contribution in [1.82, 2.24) is 9.88 Å². The van der Waals surface area contributed by atoms with Crippen LogP contribution in [-0.4, -0.2) is 48.3 Å². The molecule has 2 aliphatic heterocycles. The molecule has 28 heavy (non-hydrogen) atoms. The van der Waals surface area contributed by atoms with E-state index in [4.69, 9.17) is 14.4 Å². The molecule has 7 heteroatoms. The zero-order chi connectivity index (χ0) is 19.5. The number of hydrogen-bond acceptors (Lipinski definition) is 6. The SMILES string of the molecule is CN1C2CCC1COC2.N#Cc1cc2c(Br)c(NC3CCCCC3)ncc2o1. The first-order valence-electron chi connectivity index (χ1n) is 10.2. The molecule has 3 fully saturated rings. The summed E-state index contributed by atoms with van der Waals surface area (Å²) in [5.74, 6) is 1.15. The summed E-state index contributed by atoms with van der Waals surface area (Å²) in [6.45, 7) is 1.93. The Morgan fingerprint density at radius 3 is 2.54 bits per heavy atom. The number of rotatable bonds is 2. The Morgan fingerprint density at radius 1 is 1.18 bits per heavy atom. The number of ether oxygens (including phenoxy) is 1. The van der Waals surface area contributed by atoms with E-state index >= 15 is 0 Å². The normalized spacial score (nSPS) is 25.2. The van der Waals surface area contributed by atoms with Gasteiger partial charge in [-0.1, -0.05) is 19.3 Å². The van der Waals surface area contributed by atoms with Crippen LogP contribution >= 0.6 is 15.9 Å². The average molecular weight is 447 g/mol. The van der Waals surface area contributed by atoms with Crippen LogP contribution in [0.3, 0.4) is 0 Å². The molecule has 0 amide bonds. The van der Waals surface area contributed by atoms with Crippen LogP contribution in [0.4, 0.5) is 5.82 Å². The molecule has 0 radical (unpaired) electrons. The van der Waals surface area contributed by atoms with Gasteiger partial charge in [0.05, 0.1) is 23.9 Å². The van der Waals surface area contributed by atoms with Gasteiger partial charge in [-0.3, -0.25) is 4.90 Å². The first-order chi connectivity index (χ1) is 13.7. The minimum Gasteiger partial charge on any atom is -0.444 e.